The SMILES string of the molecule is CC1(C)Oc2cc(C(=O)c3coc4ccccc34)cc(O)c2[C@@H]2C[C@H](O)CC[C@H]21. The maximum absolute atomic E-state index is 13.2. The Morgan fingerprint density at radius 1 is 1.17 bits per heavy atom. The van der Waals surface area contributed by atoms with Crippen LogP contribution in [0.2, 0.25) is 0 Å². The first-order chi connectivity index (χ1) is 13.8. The van der Waals surface area contributed by atoms with Crippen molar-refractivity contribution in [2.24, 2.45) is 5.92 Å². The fourth-order valence-electron chi connectivity index (χ4n) is 5.17. The van der Waals surface area contributed by atoms with Crippen molar-refractivity contribution in [1.82, 2.24) is 0 Å². The largest absolute Gasteiger partial charge is 0.507 e. The minimum absolute atomic E-state index is 0.0106. The van der Waals surface area contributed by atoms with Crippen LogP contribution >= 0.6 is 0 Å². The lowest BCUT2D eigenvalue weighted by molar-refractivity contribution is -0.0317. The number of furan rings is 1. The summed E-state index contributed by atoms with van der Waals surface area (Å²) in [5, 5.41) is 21.8. The van der Waals surface area contributed by atoms with Gasteiger partial charge in [-0.3, -0.25) is 4.79 Å². The zero-order valence-corrected chi connectivity index (χ0v) is 16.5. The number of hydrogen-bond acceptors (Lipinski definition) is 5. The van der Waals surface area contributed by atoms with Crippen LogP contribution in [0.3, 0.4) is 0 Å². The lowest BCUT2D eigenvalue weighted by Gasteiger charge is -2.48. The molecule has 1 aromatic heterocycles. The van der Waals surface area contributed by atoms with Gasteiger partial charge in [-0.2, -0.15) is 0 Å². The number of ketones is 1. The van der Waals surface area contributed by atoms with E-state index >= 15 is 0 Å². The first-order valence-corrected chi connectivity index (χ1v) is 10.1. The first kappa shape index (κ1) is 18.3. The Morgan fingerprint density at radius 2 is 1.97 bits per heavy atom. The minimum Gasteiger partial charge on any atom is -0.507 e. The van der Waals surface area contributed by atoms with Crippen LogP contribution in [0.25, 0.3) is 11.0 Å². The van der Waals surface area contributed by atoms with Gasteiger partial charge in [0.25, 0.3) is 0 Å². The molecule has 1 aliphatic heterocycles. The van der Waals surface area contributed by atoms with Gasteiger partial charge in [0.15, 0.2) is 5.78 Å². The lowest BCUT2D eigenvalue weighted by atomic mass is 9.66. The highest BCUT2D eigenvalue weighted by Gasteiger charge is 2.47. The van der Waals surface area contributed by atoms with Crippen molar-refractivity contribution < 1.29 is 24.2 Å². The van der Waals surface area contributed by atoms with E-state index in [1.54, 1.807) is 6.07 Å². The number of aliphatic hydroxyl groups excluding tert-OH is 1. The number of aromatic hydroxyl groups is 1. The summed E-state index contributed by atoms with van der Waals surface area (Å²) in [5.74, 6) is 0.583. The number of ether oxygens (including phenoxy) is 1. The third-order valence-electron chi connectivity index (χ3n) is 6.57. The van der Waals surface area contributed by atoms with E-state index in [9.17, 15) is 15.0 Å². The van der Waals surface area contributed by atoms with Crippen LogP contribution in [0.4, 0.5) is 0 Å². The summed E-state index contributed by atoms with van der Waals surface area (Å²) >= 11 is 0. The summed E-state index contributed by atoms with van der Waals surface area (Å²) < 4.78 is 11.8. The van der Waals surface area contributed by atoms with E-state index in [1.165, 1.54) is 12.3 Å². The molecule has 0 saturated heterocycles. The van der Waals surface area contributed by atoms with Gasteiger partial charge >= 0.3 is 0 Å². The van der Waals surface area contributed by atoms with E-state index < -0.39 is 5.60 Å². The molecule has 1 saturated carbocycles. The van der Waals surface area contributed by atoms with Gasteiger partial charge in [-0.05, 0) is 51.3 Å². The highest BCUT2D eigenvalue weighted by molar-refractivity contribution is 6.16. The molecule has 1 fully saturated rings. The average Bonchev–Trinajstić information content (AvgIpc) is 3.10. The zero-order valence-electron chi connectivity index (χ0n) is 16.5. The molecule has 2 aliphatic rings. The normalized spacial score (nSPS) is 25.1. The maximum atomic E-state index is 13.2. The maximum Gasteiger partial charge on any atom is 0.197 e. The van der Waals surface area contributed by atoms with Crippen molar-refractivity contribution in [3.63, 3.8) is 0 Å². The molecule has 5 rings (SSSR count). The highest BCUT2D eigenvalue weighted by Crippen LogP contribution is 2.54. The van der Waals surface area contributed by atoms with Crippen molar-refractivity contribution in [3.8, 4) is 11.5 Å². The predicted molar refractivity (Wildman–Crippen MR) is 109 cm³/mol. The summed E-state index contributed by atoms with van der Waals surface area (Å²) in [6.07, 6.45) is 3.27. The minimum atomic E-state index is -0.436. The molecule has 0 radical (unpaired) electrons. The topological polar surface area (TPSA) is 79.9 Å². The molecule has 2 aromatic carbocycles. The van der Waals surface area contributed by atoms with Gasteiger partial charge in [0.2, 0.25) is 0 Å². The Labute approximate surface area is 168 Å². The van der Waals surface area contributed by atoms with Gasteiger partial charge in [0.05, 0.1) is 11.7 Å². The van der Waals surface area contributed by atoms with Gasteiger partial charge in [0.1, 0.15) is 28.9 Å². The summed E-state index contributed by atoms with van der Waals surface area (Å²) in [6, 6.07) is 10.6. The number of para-hydroxylation sites is 1. The fraction of sp³-hybridized carbons (Fsp3) is 0.375. The fourth-order valence-corrected chi connectivity index (χ4v) is 5.17. The van der Waals surface area contributed by atoms with Crippen molar-refractivity contribution >= 4 is 16.8 Å². The molecule has 2 heterocycles. The lowest BCUT2D eigenvalue weighted by Crippen LogP contribution is -2.47. The molecule has 3 aromatic rings. The third-order valence-corrected chi connectivity index (χ3v) is 6.57. The van der Waals surface area contributed by atoms with Crippen molar-refractivity contribution in [2.45, 2.75) is 50.7 Å². The molecule has 0 bridgehead atoms. The number of fused-ring (bicyclic) bond motifs is 4. The van der Waals surface area contributed by atoms with Crippen LogP contribution in [0.5, 0.6) is 11.5 Å². The second-order valence-corrected chi connectivity index (χ2v) is 8.77. The molecule has 29 heavy (non-hydrogen) atoms. The Bertz CT molecular complexity index is 1110. The molecule has 1 aliphatic carbocycles. The second kappa shape index (κ2) is 6.36. The van der Waals surface area contributed by atoms with Gasteiger partial charge in [0, 0.05) is 28.3 Å². The number of aliphatic hydroxyl groups is 1. The van der Waals surface area contributed by atoms with Gasteiger partial charge in [-0.1, -0.05) is 18.2 Å². The highest BCUT2D eigenvalue weighted by atomic mass is 16.5. The van der Waals surface area contributed by atoms with Crippen LogP contribution in [0.1, 0.15) is 60.5 Å². The van der Waals surface area contributed by atoms with E-state index in [0.717, 1.165) is 18.2 Å². The van der Waals surface area contributed by atoms with E-state index in [-0.39, 0.29) is 29.5 Å². The molecule has 0 spiro atoms. The van der Waals surface area contributed by atoms with Crippen molar-refractivity contribution in [1.29, 1.82) is 0 Å². The monoisotopic (exact) mass is 392 g/mol. The standard InChI is InChI=1S/C24H24O5/c1-24(2)18-8-7-14(25)11-16(18)22-19(26)9-13(10-21(22)29-24)23(27)17-12-28-20-6-4-3-5-15(17)20/h3-6,9-10,12,14,16,18,25-26H,7-8,11H2,1-2H3/t14-,16-,18-/m1/s1. The average molecular weight is 392 g/mol. The quantitative estimate of drug-likeness (QED) is 0.613. The van der Waals surface area contributed by atoms with E-state index in [4.69, 9.17) is 9.15 Å². The Morgan fingerprint density at radius 3 is 2.79 bits per heavy atom. The molecule has 5 nitrogen and oxygen atoms in total. The van der Waals surface area contributed by atoms with Gasteiger partial charge in [-0.15, -0.1) is 0 Å². The number of benzene rings is 2. The summed E-state index contributed by atoms with van der Waals surface area (Å²) in [5.41, 5.74) is 1.74. The second-order valence-electron chi connectivity index (χ2n) is 8.77. The Hall–Kier alpha value is -2.79. The van der Waals surface area contributed by atoms with E-state index in [1.807, 2.05) is 38.1 Å². The van der Waals surface area contributed by atoms with E-state index in [0.29, 0.717) is 34.4 Å². The third kappa shape index (κ3) is 2.84. The van der Waals surface area contributed by atoms with Crippen LogP contribution in [-0.2, 0) is 0 Å². The molecule has 5 heteroatoms. The van der Waals surface area contributed by atoms with Crippen LogP contribution in [-0.4, -0.2) is 27.7 Å². The van der Waals surface area contributed by atoms with Crippen LogP contribution in [0, 0.1) is 5.92 Å². The van der Waals surface area contributed by atoms with Crippen molar-refractivity contribution in [2.75, 3.05) is 0 Å². The van der Waals surface area contributed by atoms with Gasteiger partial charge in [-0.25, -0.2) is 0 Å². The zero-order chi connectivity index (χ0) is 20.3. The summed E-state index contributed by atoms with van der Waals surface area (Å²) in [4.78, 5) is 13.2. The van der Waals surface area contributed by atoms with Crippen molar-refractivity contribution in [3.05, 3.63) is 59.4 Å². The van der Waals surface area contributed by atoms with Gasteiger partial charge < -0.3 is 19.4 Å². The number of phenolic OH excluding ortho intramolecular Hbond substituents is 1. The number of rotatable bonds is 2. The number of phenols is 1. The van der Waals surface area contributed by atoms with Crippen LogP contribution in [0.15, 0.2) is 47.1 Å². The molecule has 0 unspecified atom stereocenters. The molecular formula is C24H24O5. The predicted octanol–water partition coefficient (Wildman–Crippen LogP) is 4.79. The molecule has 0 amide bonds. The summed E-state index contributed by atoms with van der Waals surface area (Å²) in [6.45, 7) is 4.08. The Kier molecular flexibility index (Phi) is 4.00. The molecular weight excluding hydrogens is 368 g/mol. The smallest absolute Gasteiger partial charge is 0.197 e. The van der Waals surface area contributed by atoms with Crippen LogP contribution < -0.4 is 4.74 Å². The number of hydrogen-bond donors (Lipinski definition) is 2. The van der Waals surface area contributed by atoms with E-state index in [2.05, 4.69) is 0 Å². The Balaban J connectivity index is 1.60. The molecule has 3 atom stereocenters. The molecule has 2 N–H and O–H groups in total. The number of carbonyl (C=O) groups excluding carboxylic acids is 1. The number of carbonyl (C=O) groups is 1. The first-order valence-electron chi connectivity index (χ1n) is 10.1. The molecule has 150 valence electrons. The summed E-state index contributed by atoms with van der Waals surface area (Å²) in [7, 11) is 0.